The zero-order valence-corrected chi connectivity index (χ0v) is 14.7. The third kappa shape index (κ3) is 1.88. The van der Waals surface area contributed by atoms with Crippen molar-refractivity contribution in [1.82, 2.24) is 0 Å². The fraction of sp³-hybridized carbons (Fsp3) is 1.00. The summed E-state index contributed by atoms with van der Waals surface area (Å²) in [5.74, 6) is 0.220. The topological polar surface area (TPSA) is 101 Å². The van der Waals surface area contributed by atoms with E-state index in [9.17, 15) is 25.5 Å². The van der Waals surface area contributed by atoms with Crippen LogP contribution in [0.4, 0.5) is 0 Å². The molecule has 4 aliphatic carbocycles. The highest BCUT2D eigenvalue weighted by atomic mass is 16.4. The van der Waals surface area contributed by atoms with Crippen molar-refractivity contribution in [2.75, 3.05) is 0 Å². The molecule has 0 aromatic heterocycles. The molecule has 4 rings (SSSR count). The second-order valence-electron chi connectivity index (χ2n) is 9.60. The minimum atomic E-state index is -1.43. The molecule has 0 aromatic rings. The van der Waals surface area contributed by atoms with Gasteiger partial charge in [0.1, 0.15) is 11.7 Å². The lowest BCUT2D eigenvalue weighted by molar-refractivity contribution is -0.298. The molecule has 4 saturated carbocycles. The van der Waals surface area contributed by atoms with Gasteiger partial charge in [0.2, 0.25) is 0 Å². The average Bonchev–Trinajstić information content (AvgIpc) is 2.83. The minimum absolute atomic E-state index is 0.0867. The van der Waals surface area contributed by atoms with Gasteiger partial charge in [-0.2, -0.15) is 0 Å². The first-order chi connectivity index (χ1) is 11.1. The van der Waals surface area contributed by atoms with Gasteiger partial charge in [-0.3, -0.25) is 0 Å². The molecule has 5 heteroatoms. The van der Waals surface area contributed by atoms with Gasteiger partial charge in [0.15, 0.2) is 0 Å². The lowest BCUT2D eigenvalue weighted by Crippen LogP contribution is -2.73. The molecule has 4 aliphatic rings. The second kappa shape index (κ2) is 5.17. The first kappa shape index (κ1) is 17.2. The number of hydrogen-bond donors (Lipinski definition) is 5. The van der Waals surface area contributed by atoms with Gasteiger partial charge in [-0.25, -0.2) is 0 Å². The molecular formula is C19H32O5. The van der Waals surface area contributed by atoms with Gasteiger partial charge in [-0.1, -0.05) is 13.8 Å². The fourth-order valence-corrected chi connectivity index (χ4v) is 7.22. The van der Waals surface area contributed by atoms with Gasteiger partial charge in [-0.05, 0) is 61.7 Å². The number of rotatable bonds is 0. The molecule has 0 amide bonds. The molecule has 5 nitrogen and oxygen atoms in total. The molecule has 0 aliphatic heterocycles. The van der Waals surface area contributed by atoms with Crippen molar-refractivity contribution in [2.45, 2.75) is 88.8 Å². The zero-order chi connectivity index (χ0) is 17.5. The predicted octanol–water partition coefficient (Wildman–Crippen LogP) is 0.807. The predicted molar refractivity (Wildman–Crippen MR) is 88.0 cm³/mol. The Kier molecular flexibility index (Phi) is 3.71. The van der Waals surface area contributed by atoms with E-state index in [0.717, 1.165) is 25.7 Å². The molecule has 5 N–H and O–H groups in total. The molecule has 0 saturated heterocycles. The lowest BCUT2D eigenvalue weighted by atomic mass is 9.42. The molecule has 0 bridgehead atoms. The third-order valence-electron chi connectivity index (χ3n) is 8.84. The maximum absolute atomic E-state index is 11.3. The number of aliphatic hydroxyl groups excluding tert-OH is 4. The summed E-state index contributed by atoms with van der Waals surface area (Å²) in [6.45, 7) is 4.16. The summed E-state index contributed by atoms with van der Waals surface area (Å²) in [5.41, 5.74) is -2.12. The van der Waals surface area contributed by atoms with Crippen LogP contribution in [0.2, 0.25) is 0 Å². The van der Waals surface area contributed by atoms with Crippen molar-refractivity contribution < 1.29 is 25.5 Å². The van der Waals surface area contributed by atoms with Gasteiger partial charge < -0.3 is 25.5 Å². The molecule has 24 heavy (non-hydrogen) atoms. The molecule has 0 radical (unpaired) electrons. The van der Waals surface area contributed by atoms with Crippen LogP contribution in [-0.4, -0.2) is 55.5 Å². The van der Waals surface area contributed by atoms with E-state index in [0.29, 0.717) is 12.8 Å². The highest BCUT2D eigenvalue weighted by Gasteiger charge is 2.70. The molecule has 0 heterocycles. The quantitative estimate of drug-likeness (QED) is 0.449. The molecule has 0 aromatic carbocycles. The van der Waals surface area contributed by atoms with Gasteiger partial charge in [0.05, 0.1) is 18.3 Å². The Morgan fingerprint density at radius 2 is 1.54 bits per heavy atom. The van der Waals surface area contributed by atoms with Crippen LogP contribution in [0, 0.1) is 28.6 Å². The van der Waals surface area contributed by atoms with Crippen molar-refractivity contribution in [3.8, 4) is 0 Å². The third-order valence-corrected chi connectivity index (χ3v) is 8.84. The van der Waals surface area contributed by atoms with E-state index in [-0.39, 0.29) is 35.7 Å². The monoisotopic (exact) mass is 340 g/mol. The van der Waals surface area contributed by atoms with E-state index in [1.807, 2.05) is 6.92 Å². The standard InChI is InChI=1S/C19H32O5/c1-17-7-6-12-14(11(17)3-4-13(17)21)15(22)16(23)19(24)9-10(20)5-8-18(12,19)2/h10-16,20-24H,3-9H2,1-2H3/t10-,11-,12-,13-,14-,15+,16+,17-,18+,19-/m0/s1. The summed E-state index contributed by atoms with van der Waals surface area (Å²) in [4.78, 5) is 0. The van der Waals surface area contributed by atoms with E-state index in [1.54, 1.807) is 0 Å². The van der Waals surface area contributed by atoms with Crippen molar-refractivity contribution in [3.05, 3.63) is 0 Å². The summed E-state index contributed by atoms with van der Waals surface area (Å²) in [5, 5.41) is 53.7. The van der Waals surface area contributed by atoms with Crippen LogP contribution >= 0.6 is 0 Å². The van der Waals surface area contributed by atoms with Crippen molar-refractivity contribution >= 4 is 0 Å². The minimum Gasteiger partial charge on any atom is -0.393 e. The molecule has 0 unspecified atom stereocenters. The van der Waals surface area contributed by atoms with Gasteiger partial charge >= 0.3 is 0 Å². The maximum Gasteiger partial charge on any atom is 0.109 e. The number of hydrogen-bond acceptors (Lipinski definition) is 5. The van der Waals surface area contributed by atoms with Gasteiger partial charge in [0, 0.05) is 11.8 Å². The summed E-state index contributed by atoms with van der Waals surface area (Å²) < 4.78 is 0. The van der Waals surface area contributed by atoms with Crippen LogP contribution in [0.25, 0.3) is 0 Å². The summed E-state index contributed by atoms with van der Waals surface area (Å²) >= 11 is 0. The van der Waals surface area contributed by atoms with E-state index in [2.05, 4.69) is 6.92 Å². The lowest BCUT2D eigenvalue weighted by Gasteiger charge is -2.66. The van der Waals surface area contributed by atoms with Crippen LogP contribution in [0.1, 0.15) is 58.8 Å². The second-order valence-corrected chi connectivity index (χ2v) is 9.60. The Balaban J connectivity index is 1.76. The van der Waals surface area contributed by atoms with Crippen LogP contribution in [-0.2, 0) is 0 Å². The van der Waals surface area contributed by atoms with Crippen LogP contribution in [0.15, 0.2) is 0 Å². The van der Waals surface area contributed by atoms with E-state index < -0.39 is 29.3 Å². The number of fused-ring (bicyclic) bond motifs is 5. The SMILES string of the molecule is C[C@]12CC[C@H]3[C@@H]([C@@H](O)[C@@H](O)[C@@]4(O)C[C@@H](O)CC[C@]34C)[C@@H]1CC[C@@H]2O. The van der Waals surface area contributed by atoms with Crippen molar-refractivity contribution in [1.29, 1.82) is 0 Å². The highest BCUT2D eigenvalue weighted by molar-refractivity contribution is 5.19. The zero-order valence-electron chi connectivity index (χ0n) is 14.7. The Labute approximate surface area is 143 Å². The normalized spacial score (nSPS) is 63.4. The van der Waals surface area contributed by atoms with E-state index in [4.69, 9.17) is 0 Å². The average molecular weight is 340 g/mol. The summed E-state index contributed by atoms with van der Waals surface area (Å²) in [6, 6.07) is 0. The van der Waals surface area contributed by atoms with Crippen LogP contribution in [0.3, 0.4) is 0 Å². The smallest absolute Gasteiger partial charge is 0.109 e. The highest BCUT2D eigenvalue weighted by Crippen LogP contribution is 2.67. The molecule has 4 fully saturated rings. The summed E-state index contributed by atoms with van der Waals surface area (Å²) in [7, 11) is 0. The molecule has 0 spiro atoms. The fourth-order valence-electron chi connectivity index (χ4n) is 7.22. The number of aliphatic hydroxyl groups is 5. The molecular weight excluding hydrogens is 308 g/mol. The molecule has 138 valence electrons. The maximum atomic E-state index is 11.3. The van der Waals surface area contributed by atoms with E-state index in [1.165, 1.54) is 0 Å². The van der Waals surface area contributed by atoms with Crippen molar-refractivity contribution in [3.63, 3.8) is 0 Å². The van der Waals surface area contributed by atoms with Crippen molar-refractivity contribution in [2.24, 2.45) is 28.6 Å². The Bertz CT molecular complexity index is 526. The first-order valence-corrected chi connectivity index (χ1v) is 9.60. The Morgan fingerprint density at radius 3 is 2.25 bits per heavy atom. The summed E-state index contributed by atoms with van der Waals surface area (Å²) in [6.07, 6.45) is 1.63. The van der Waals surface area contributed by atoms with Gasteiger partial charge in [0.25, 0.3) is 0 Å². The van der Waals surface area contributed by atoms with Crippen LogP contribution in [0.5, 0.6) is 0 Å². The Morgan fingerprint density at radius 1 is 0.833 bits per heavy atom. The first-order valence-electron chi connectivity index (χ1n) is 9.60. The van der Waals surface area contributed by atoms with E-state index >= 15 is 0 Å². The van der Waals surface area contributed by atoms with Gasteiger partial charge in [-0.15, -0.1) is 0 Å². The largest absolute Gasteiger partial charge is 0.393 e. The Hall–Kier alpha value is -0.200. The van der Waals surface area contributed by atoms with Crippen LogP contribution < -0.4 is 0 Å². The molecule has 10 atom stereocenters.